The third-order valence-electron chi connectivity index (χ3n) is 3.39. The Hall–Kier alpha value is -1.39. The van der Waals surface area contributed by atoms with Crippen LogP contribution in [0.4, 0.5) is 4.39 Å². The van der Waals surface area contributed by atoms with Crippen molar-refractivity contribution in [3.8, 4) is 5.75 Å². The second-order valence-electron chi connectivity index (χ2n) is 4.59. The fourth-order valence-corrected chi connectivity index (χ4v) is 2.72. The Morgan fingerprint density at radius 1 is 1.26 bits per heavy atom. The van der Waals surface area contributed by atoms with Crippen molar-refractivity contribution in [1.29, 1.82) is 0 Å². The molecule has 1 heterocycles. The van der Waals surface area contributed by atoms with Gasteiger partial charge in [-0.15, -0.1) is 0 Å². The van der Waals surface area contributed by atoms with Crippen molar-refractivity contribution in [2.75, 3.05) is 6.61 Å². The lowest BCUT2D eigenvalue weighted by atomic mass is 9.97. The monoisotopic (exact) mass is 321 g/mol. The Bertz CT molecular complexity index is 630. The van der Waals surface area contributed by atoms with E-state index in [4.69, 9.17) is 10.5 Å². The Kier molecular flexibility index (Phi) is 3.29. The van der Waals surface area contributed by atoms with Crippen molar-refractivity contribution >= 4 is 15.9 Å². The van der Waals surface area contributed by atoms with Crippen LogP contribution < -0.4 is 10.5 Å². The van der Waals surface area contributed by atoms with Crippen molar-refractivity contribution in [2.45, 2.75) is 12.5 Å². The molecular formula is C15H13BrFNO. The SMILES string of the molecule is NC(c1ccc2c(c1)CCO2)c1cccc(Br)c1F. The number of hydrogen-bond acceptors (Lipinski definition) is 2. The molecule has 0 aromatic heterocycles. The van der Waals surface area contributed by atoms with Crippen LogP contribution in [0.5, 0.6) is 5.75 Å². The average Bonchev–Trinajstić information content (AvgIpc) is 2.88. The van der Waals surface area contributed by atoms with E-state index in [2.05, 4.69) is 15.9 Å². The van der Waals surface area contributed by atoms with E-state index >= 15 is 0 Å². The van der Waals surface area contributed by atoms with E-state index in [0.717, 1.165) is 23.3 Å². The molecule has 2 aromatic rings. The highest BCUT2D eigenvalue weighted by molar-refractivity contribution is 9.10. The third-order valence-corrected chi connectivity index (χ3v) is 4.00. The Morgan fingerprint density at radius 2 is 2.11 bits per heavy atom. The zero-order chi connectivity index (χ0) is 13.4. The maximum atomic E-state index is 14.1. The van der Waals surface area contributed by atoms with Crippen molar-refractivity contribution in [3.05, 3.63) is 63.4 Å². The minimum absolute atomic E-state index is 0.299. The standard InChI is InChI=1S/C15H13BrFNO/c16-12-3-1-2-11(14(12)17)15(18)10-4-5-13-9(8-10)6-7-19-13/h1-5,8,15H,6-7,18H2. The van der Waals surface area contributed by atoms with Gasteiger partial charge in [-0.1, -0.05) is 24.3 Å². The van der Waals surface area contributed by atoms with E-state index in [1.54, 1.807) is 18.2 Å². The van der Waals surface area contributed by atoms with Crippen LogP contribution in [0.3, 0.4) is 0 Å². The summed E-state index contributed by atoms with van der Waals surface area (Å²) in [4.78, 5) is 0. The average molecular weight is 322 g/mol. The van der Waals surface area contributed by atoms with E-state index in [-0.39, 0.29) is 5.82 Å². The fraction of sp³-hybridized carbons (Fsp3) is 0.200. The maximum Gasteiger partial charge on any atom is 0.142 e. The number of nitrogens with two attached hydrogens (primary N) is 1. The normalized spacial score (nSPS) is 14.9. The summed E-state index contributed by atoms with van der Waals surface area (Å²) in [5.74, 6) is 0.609. The van der Waals surface area contributed by atoms with E-state index in [1.807, 2.05) is 18.2 Å². The lowest BCUT2D eigenvalue weighted by Crippen LogP contribution is -2.14. The Balaban J connectivity index is 2.00. The van der Waals surface area contributed by atoms with Gasteiger partial charge in [0.15, 0.2) is 0 Å². The van der Waals surface area contributed by atoms with Gasteiger partial charge in [-0.05, 0) is 39.2 Å². The summed E-state index contributed by atoms with van der Waals surface area (Å²) in [5.41, 5.74) is 8.72. The van der Waals surface area contributed by atoms with Gasteiger partial charge in [0.2, 0.25) is 0 Å². The molecule has 0 spiro atoms. The van der Waals surface area contributed by atoms with Crippen molar-refractivity contribution in [2.24, 2.45) is 5.73 Å². The number of halogens is 2. The smallest absolute Gasteiger partial charge is 0.142 e. The second-order valence-corrected chi connectivity index (χ2v) is 5.44. The molecule has 0 bridgehead atoms. The first-order valence-electron chi connectivity index (χ1n) is 6.12. The van der Waals surface area contributed by atoms with Gasteiger partial charge in [0.05, 0.1) is 17.1 Å². The summed E-state index contributed by atoms with van der Waals surface area (Å²) < 4.78 is 20.0. The van der Waals surface area contributed by atoms with Crippen LogP contribution in [0.1, 0.15) is 22.7 Å². The van der Waals surface area contributed by atoms with Crippen LogP contribution in [0.2, 0.25) is 0 Å². The number of rotatable bonds is 2. The minimum Gasteiger partial charge on any atom is -0.493 e. The summed E-state index contributed by atoms with van der Waals surface area (Å²) in [6.07, 6.45) is 0.886. The van der Waals surface area contributed by atoms with Crippen LogP contribution in [-0.2, 0) is 6.42 Å². The molecule has 1 unspecified atom stereocenters. The summed E-state index contributed by atoms with van der Waals surface area (Å²) in [6.45, 7) is 0.708. The zero-order valence-corrected chi connectivity index (χ0v) is 11.8. The summed E-state index contributed by atoms with van der Waals surface area (Å²) >= 11 is 3.19. The number of benzene rings is 2. The molecule has 4 heteroatoms. The Labute approximate surface area is 119 Å². The van der Waals surface area contributed by atoms with Crippen molar-refractivity contribution in [3.63, 3.8) is 0 Å². The summed E-state index contributed by atoms with van der Waals surface area (Å²) in [7, 11) is 0. The molecule has 19 heavy (non-hydrogen) atoms. The highest BCUT2D eigenvalue weighted by Gasteiger charge is 2.18. The predicted octanol–water partition coefficient (Wildman–Crippen LogP) is 3.57. The van der Waals surface area contributed by atoms with Gasteiger partial charge in [-0.25, -0.2) is 4.39 Å². The third kappa shape index (κ3) is 2.26. The molecule has 98 valence electrons. The molecule has 2 N–H and O–H groups in total. The largest absolute Gasteiger partial charge is 0.493 e. The first-order chi connectivity index (χ1) is 9.16. The topological polar surface area (TPSA) is 35.2 Å². The molecule has 0 radical (unpaired) electrons. The van der Waals surface area contributed by atoms with Crippen LogP contribution in [0.25, 0.3) is 0 Å². The highest BCUT2D eigenvalue weighted by atomic mass is 79.9. The van der Waals surface area contributed by atoms with Crippen LogP contribution in [0, 0.1) is 5.82 Å². The Morgan fingerprint density at radius 3 is 2.95 bits per heavy atom. The van der Waals surface area contributed by atoms with Gasteiger partial charge in [-0.3, -0.25) is 0 Å². The predicted molar refractivity (Wildman–Crippen MR) is 75.8 cm³/mol. The molecule has 2 aromatic carbocycles. The zero-order valence-electron chi connectivity index (χ0n) is 10.2. The lowest BCUT2D eigenvalue weighted by Gasteiger charge is -2.15. The molecule has 0 aliphatic carbocycles. The molecule has 0 fully saturated rings. The van der Waals surface area contributed by atoms with Crippen molar-refractivity contribution < 1.29 is 9.13 Å². The van der Waals surface area contributed by atoms with Crippen LogP contribution in [0.15, 0.2) is 40.9 Å². The molecule has 0 saturated carbocycles. The first-order valence-corrected chi connectivity index (χ1v) is 6.91. The lowest BCUT2D eigenvalue weighted by molar-refractivity contribution is 0.357. The van der Waals surface area contributed by atoms with Crippen molar-refractivity contribution in [1.82, 2.24) is 0 Å². The van der Waals surface area contributed by atoms with Gasteiger partial charge in [0.25, 0.3) is 0 Å². The van der Waals surface area contributed by atoms with Gasteiger partial charge >= 0.3 is 0 Å². The van der Waals surface area contributed by atoms with E-state index in [9.17, 15) is 4.39 Å². The second kappa shape index (κ2) is 4.94. The quantitative estimate of drug-likeness (QED) is 0.917. The van der Waals surface area contributed by atoms with Gasteiger partial charge < -0.3 is 10.5 Å². The molecule has 3 rings (SSSR count). The van der Waals surface area contributed by atoms with Gasteiger partial charge in [0.1, 0.15) is 11.6 Å². The molecular weight excluding hydrogens is 309 g/mol. The molecule has 2 nitrogen and oxygen atoms in total. The summed E-state index contributed by atoms with van der Waals surface area (Å²) in [6, 6.07) is 10.5. The molecule has 0 saturated heterocycles. The van der Waals surface area contributed by atoms with E-state index in [0.29, 0.717) is 16.6 Å². The van der Waals surface area contributed by atoms with E-state index in [1.165, 1.54) is 0 Å². The number of hydrogen-bond donors (Lipinski definition) is 1. The van der Waals surface area contributed by atoms with Crippen LogP contribution >= 0.6 is 15.9 Å². The number of ether oxygens (including phenoxy) is 1. The molecule has 1 aliphatic rings. The fourth-order valence-electron chi connectivity index (χ4n) is 2.34. The molecule has 1 atom stereocenters. The van der Waals surface area contributed by atoms with Crippen LogP contribution in [-0.4, -0.2) is 6.61 Å². The summed E-state index contributed by atoms with van der Waals surface area (Å²) in [5, 5.41) is 0. The number of fused-ring (bicyclic) bond motifs is 1. The van der Waals surface area contributed by atoms with Gasteiger partial charge in [0, 0.05) is 12.0 Å². The minimum atomic E-state index is -0.469. The molecule has 1 aliphatic heterocycles. The molecule has 0 amide bonds. The highest BCUT2D eigenvalue weighted by Crippen LogP contribution is 2.31. The first kappa shape index (κ1) is 12.6. The maximum absolute atomic E-state index is 14.1. The van der Waals surface area contributed by atoms with Gasteiger partial charge in [-0.2, -0.15) is 0 Å². The van der Waals surface area contributed by atoms with E-state index < -0.39 is 6.04 Å².